The third kappa shape index (κ3) is 4.42. The van der Waals surface area contributed by atoms with Crippen molar-refractivity contribution in [3.63, 3.8) is 0 Å². The SMILES string of the molecule is CCCCCCCC(I)C(=O)C1(COC)C=CC=C1C. The summed E-state index contributed by atoms with van der Waals surface area (Å²) in [7, 11) is 1.67. The Morgan fingerprint density at radius 3 is 2.60 bits per heavy atom. The number of ketones is 1. The van der Waals surface area contributed by atoms with E-state index in [4.69, 9.17) is 4.74 Å². The molecule has 0 heterocycles. The van der Waals surface area contributed by atoms with Gasteiger partial charge >= 0.3 is 0 Å². The number of unbranched alkanes of at least 4 members (excludes halogenated alkanes) is 4. The summed E-state index contributed by atoms with van der Waals surface area (Å²) >= 11 is 2.31. The summed E-state index contributed by atoms with van der Waals surface area (Å²) < 4.78 is 5.39. The number of alkyl halides is 1. The quantitative estimate of drug-likeness (QED) is 0.302. The standard InChI is InChI=1S/C17H27IO2/c1-4-5-6-7-8-11-15(18)16(19)17(13-20-3)12-9-10-14(17)2/h9-10,12,15H,4-8,11,13H2,1-3H3. The van der Waals surface area contributed by atoms with Crippen molar-refractivity contribution in [2.24, 2.45) is 5.41 Å². The number of rotatable bonds is 10. The minimum absolute atomic E-state index is 0.0791. The van der Waals surface area contributed by atoms with Gasteiger partial charge in [0, 0.05) is 7.11 Å². The lowest BCUT2D eigenvalue weighted by atomic mass is 9.78. The number of Topliss-reactive ketones (excluding diaryl/α,β-unsaturated/α-hetero) is 1. The number of carbonyl (C=O) groups is 1. The number of hydrogen-bond acceptors (Lipinski definition) is 2. The maximum Gasteiger partial charge on any atom is 0.161 e. The maximum absolute atomic E-state index is 12.8. The van der Waals surface area contributed by atoms with Gasteiger partial charge < -0.3 is 4.74 Å². The van der Waals surface area contributed by atoms with E-state index >= 15 is 0 Å². The van der Waals surface area contributed by atoms with Gasteiger partial charge in [-0.25, -0.2) is 0 Å². The molecule has 0 aromatic rings. The minimum Gasteiger partial charge on any atom is -0.383 e. The Morgan fingerprint density at radius 1 is 1.35 bits per heavy atom. The molecular formula is C17H27IO2. The van der Waals surface area contributed by atoms with Crippen LogP contribution in [0.3, 0.4) is 0 Å². The fourth-order valence-electron chi connectivity index (χ4n) is 2.71. The lowest BCUT2D eigenvalue weighted by Crippen LogP contribution is -2.38. The Bertz CT molecular complexity index is 373. The molecule has 0 aromatic carbocycles. The Kier molecular flexibility index (Phi) is 8.03. The Labute approximate surface area is 137 Å². The van der Waals surface area contributed by atoms with E-state index in [2.05, 4.69) is 29.5 Å². The lowest BCUT2D eigenvalue weighted by molar-refractivity contribution is -0.125. The number of allylic oxidation sites excluding steroid dienone is 2. The summed E-state index contributed by atoms with van der Waals surface area (Å²) in [6, 6.07) is 0. The Morgan fingerprint density at radius 2 is 2.05 bits per heavy atom. The van der Waals surface area contributed by atoms with Gasteiger partial charge in [0.2, 0.25) is 0 Å². The first-order valence-electron chi connectivity index (χ1n) is 7.62. The normalized spacial score (nSPS) is 22.9. The van der Waals surface area contributed by atoms with Gasteiger partial charge in [-0.15, -0.1) is 0 Å². The number of ether oxygens (including phenoxy) is 1. The summed E-state index contributed by atoms with van der Waals surface area (Å²) in [4.78, 5) is 12.8. The Balaban J connectivity index is 2.54. The van der Waals surface area contributed by atoms with Crippen LogP contribution in [0.25, 0.3) is 0 Å². The van der Waals surface area contributed by atoms with Gasteiger partial charge in [-0.05, 0) is 13.3 Å². The molecule has 2 unspecified atom stereocenters. The molecule has 0 aromatic heterocycles. The molecule has 0 spiro atoms. The highest BCUT2D eigenvalue weighted by molar-refractivity contribution is 14.1. The zero-order chi connectivity index (χ0) is 15.0. The molecule has 0 bridgehead atoms. The average molecular weight is 390 g/mol. The molecule has 2 nitrogen and oxygen atoms in total. The van der Waals surface area contributed by atoms with E-state index in [1.165, 1.54) is 25.7 Å². The van der Waals surface area contributed by atoms with Gasteiger partial charge in [-0.3, -0.25) is 4.79 Å². The van der Waals surface area contributed by atoms with Crippen molar-refractivity contribution in [1.82, 2.24) is 0 Å². The highest BCUT2D eigenvalue weighted by Gasteiger charge is 2.41. The van der Waals surface area contributed by atoms with E-state index in [0.717, 1.165) is 18.4 Å². The highest BCUT2D eigenvalue weighted by Crippen LogP contribution is 2.38. The van der Waals surface area contributed by atoms with Crippen LogP contribution >= 0.6 is 22.6 Å². The Hall–Kier alpha value is -0.160. The van der Waals surface area contributed by atoms with Crippen LogP contribution in [0.15, 0.2) is 23.8 Å². The summed E-state index contributed by atoms with van der Waals surface area (Å²) in [5, 5.41) is 0. The van der Waals surface area contributed by atoms with Gasteiger partial charge in [-0.1, -0.05) is 85.4 Å². The largest absolute Gasteiger partial charge is 0.383 e. The number of halogens is 1. The summed E-state index contributed by atoms with van der Waals surface area (Å²) in [5.41, 5.74) is 0.598. The molecule has 0 radical (unpaired) electrons. The third-order valence-corrected chi connectivity index (χ3v) is 5.28. The molecule has 0 aliphatic heterocycles. The van der Waals surface area contributed by atoms with Gasteiger partial charge in [0.15, 0.2) is 5.78 Å². The monoisotopic (exact) mass is 390 g/mol. The topological polar surface area (TPSA) is 26.3 Å². The average Bonchev–Trinajstić information content (AvgIpc) is 2.80. The van der Waals surface area contributed by atoms with Crippen molar-refractivity contribution in [3.05, 3.63) is 23.8 Å². The number of hydrogen-bond donors (Lipinski definition) is 0. The fourth-order valence-corrected chi connectivity index (χ4v) is 3.71. The van der Waals surface area contributed by atoms with Crippen LogP contribution in [0.5, 0.6) is 0 Å². The predicted molar refractivity (Wildman–Crippen MR) is 93.4 cm³/mol. The van der Waals surface area contributed by atoms with Crippen molar-refractivity contribution in [2.75, 3.05) is 13.7 Å². The van der Waals surface area contributed by atoms with E-state index < -0.39 is 5.41 Å². The van der Waals surface area contributed by atoms with Crippen molar-refractivity contribution in [3.8, 4) is 0 Å². The van der Waals surface area contributed by atoms with E-state index in [0.29, 0.717) is 12.4 Å². The number of methoxy groups -OCH3 is 1. The van der Waals surface area contributed by atoms with Gasteiger partial charge in [-0.2, -0.15) is 0 Å². The van der Waals surface area contributed by atoms with E-state index in [1.54, 1.807) is 7.11 Å². The van der Waals surface area contributed by atoms with Crippen LogP contribution in [0.1, 0.15) is 52.4 Å². The molecule has 0 amide bonds. The highest BCUT2D eigenvalue weighted by atomic mass is 127. The van der Waals surface area contributed by atoms with Crippen LogP contribution in [-0.2, 0) is 9.53 Å². The number of carbonyl (C=O) groups excluding carboxylic acids is 1. The smallest absolute Gasteiger partial charge is 0.161 e. The van der Waals surface area contributed by atoms with Crippen molar-refractivity contribution in [2.45, 2.75) is 56.3 Å². The molecule has 3 heteroatoms. The van der Waals surface area contributed by atoms with E-state index in [9.17, 15) is 4.79 Å². The van der Waals surface area contributed by atoms with Gasteiger partial charge in [0.1, 0.15) is 0 Å². The van der Waals surface area contributed by atoms with Crippen LogP contribution in [0.4, 0.5) is 0 Å². The van der Waals surface area contributed by atoms with Crippen LogP contribution in [0, 0.1) is 5.41 Å². The zero-order valence-corrected chi connectivity index (χ0v) is 15.1. The van der Waals surface area contributed by atoms with Gasteiger partial charge in [0.25, 0.3) is 0 Å². The first-order valence-corrected chi connectivity index (χ1v) is 8.87. The van der Waals surface area contributed by atoms with Crippen molar-refractivity contribution >= 4 is 28.4 Å². The predicted octanol–water partition coefficient (Wildman–Crippen LogP) is 4.87. The molecule has 1 rings (SSSR count). The molecule has 1 aliphatic rings. The van der Waals surface area contributed by atoms with Gasteiger partial charge in [0.05, 0.1) is 15.9 Å². The summed E-state index contributed by atoms with van der Waals surface area (Å²) in [5.74, 6) is 0.304. The molecule has 114 valence electrons. The van der Waals surface area contributed by atoms with E-state index in [1.807, 2.05) is 25.2 Å². The van der Waals surface area contributed by atoms with Crippen LogP contribution in [-0.4, -0.2) is 23.4 Å². The molecule has 0 fully saturated rings. The second kappa shape index (κ2) is 8.98. The second-order valence-electron chi connectivity index (χ2n) is 5.65. The third-order valence-electron chi connectivity index (χ3n) is 4.09. The van der Waals surface area contributed by atoms with Crippen molar-refractivity contribution < 1.29 is 9.53 Å². The summed E-state index contributed by atoms with van der Waals surface area (Å²) in [6.07, 6.45) is 13.2. The molecule has 0 N–H and O–H groups in total. The molecule has 2 atom stereocenters. The molecule has 0 saturated heterocycles. The fraction of sp³-hybridized carbons (Fsp3) is 0.706. The van der Waals surface area contributed by atoms with E-state index in [-0.39, 0.29) is 3.92 Å². The lowest BCUT2D eigenvalue weighted by Gasteiger charge is -2.29. The molecule has 0 saturated carbocycles. The zero-order valence-electron chi connectivity index (χ0n) is 13.0. The second-order valence-corrected chi connectivity index (χ2v) is 7.15. The maximum atomic E-state index is 12.8. The van der Waals surface area contributed by atoms with Crippen molar-refractivity contribution in [1.29, 1.82) is 0 Å². The first-order chi connectivity index (χ1) is 9.58. The van der Waals surface area contributed by atoms with Crippen LogP contribution in [0.2, 0.25) is 0 Å². The summed E-state index contributed by atoms with van der Waals surface area (Å²) in [6.45, 7) is 4.71. The van der Waals surface area contributed by atoms with Crippen LogP contribution < -0.4 is 0 Å². The molecular weight excluding hydrogens is 363 g/mol. The molecule has 1 aliphatic carbocycles. The molecule has 20 heavy (non-hydrogen) atoms. The minimum atomic E-state index is -0.510. The first kappa shape index (κ1) is 17.9.